The number of methoxy groups -OCH3 is 1. The third-order valence-corrected chi connectivity index (χ3v) is 3.91. The molecule has 2 aromatic carbocycles. The number of nitro groups is 1. The van der Waals surface area contributed by atoms with Crippen LogP contribution in [0.1, 0.15) is 28.8 Å². The van der Waals surface area contributed by atoms with Crippen LogP contribution in [0.25, 0.3) is 0 Å². The molecule has 2 aromatic rings. The van der Waals surface area contributed by atoms with E-state index in [1.807, 2.05) is 37.3 Å². The van der Waals surface area contributed by atoms with Crippen LogP contribution in [0.3, 0.4) is 0 Å². The van der Waals surface area contributed by atoms with E-state index in [2.05, 4.69) is 10.1 Å². The van der Waals surface area contributed by atoms with E-state index in [4.69, 9.17) is 4.74 Å². The molecule has 0 saturated heterocycles. The van der Waals surface area contributed by atoms with Crippen LogP contribution in [0.4, 0.5) is 5.69 Å². The van der Waals surface area contributed by atoms with Crippen LogP contribution in [-0.4, -0.2) is 37.1 Å². The maximum Gasteiger partial charge on any atom is 0.338 e. The van der Waals surface area contributed by atoms with Crippen molar-refractivity contribution in [2.45, 2.75) is 12.8 Å². The van der Waals surface area contributed by atoms with Gasteiger partial charge in [-0.1, -0.05) is 37.3 Å². The molecule has 0 radical (unpaired) electrons. The zero-order chi connectivity index (χ0) is 19.8. The summed E-state index contributed by atoms with van der Waals surface area (Å²) in [5.74, 6) is -1.08. The summed E-state index contributed by atoms with van der Waals surface area (Å²) in [7, 11) is 1.18. The van der Waals surface area contributed by atoms with Gasteiger partial charge in [0, 0.05) is 12.6 Å². The van der Waals surface area contributed by atoms with Crippen LogP contribution in [0.15, 0.2) is 48.5 Å². The van der Waals surface area contributed by atoms with Crippen molar-refractivity contribution in [3.63, 3.8) is 0 Å². The van der Waals surface area contributed by atoms with Crippen molar-refractivity contribution in [3.8, 4) is 5.75 Å². The first-order valence-electron chi connectivity index (χ1n) is 8.23. The van der Waals surface area contributed by atoms with E-state index in [-0.39, 0.29) is 23.8 Å². The Morgan fingerprint density at radius 3 is 2.52 bits per heavy atom. The quantitative estimate of drug-likeness (QED) is 0.434. The first-order chi connectivity index (χ1) is 12.9. The van der Waals surface area contributed by atoms with Gasteiger partial charge < -0.3 is 14.8 Å². The summed E-state index contributed by atoms with van der Waals surface area (Å²) in [4.78, 5) is 33.9. The Labute approximate surface area is 156 Å². The molecule has 1 atom stereocenters. The highest BCUT2D eigenvalue weighted by molar-refractivity contribution is 5.90. The van der Waals surface area contributed by atoms with Crippen molar-refractivity contribution in [3.05, 3.63) is 69.8 Å². The van der Waals surface area contributed by atoms with Crippen LogP contribution in [0.2, 0.25) is 0 Å². The molecule has 0 aromatic heterocycles. The molecular formula is C19H20N2O6. The van der Waals surface area contributed by atoms with E-state index >= 15 is 0 Å². The number of hydrogen-bond donors (Lipinski definition) is 1. The Bertz CT molecular complexity index is 822. The summed E-state index contributed by atoms with van der Waals surface area (Å²) in [6.45, 7) is 2.02. The van der Waals surface area contributed by atoms with Gasteiger partial charge in [0.1, 0.15) is 0 Å². The molecule has 142 valence electrons. The van der Waals surface area contributed by atoms with Crippen LogP contribution >= 0.6 is 0 Å². The maximum atomic E-state index is 12.0. The van der Waals surface area contributed by atoms with E-state index in [9.17, 15) is 19.7 Å². The van der Waals surface area contributed by atoms with Gasteiger partial charge >= 0.3 is 11.7 Å². The highest BCUT2D eigenvalue weighted by Crippen LogP contribution is 2.28. The number of nitrogens with one attached hydrogen (secondary N) is 1. The molecule has 0 spiro atoms. The second-order valence-corrected chi connectivity index (χ2v) is 5.84. The second kappa shape index (κ2) is 9.33. The number of nitrogens with zero attached hydrogens (tertiary/aromatic N) is 1. The largest absolute Gasteiger partial charge is 0.477 e. The third-order valence-electron chi connectivity index (χ3n) is 3.91. The minimum atomic E-state index is -0.697. The minimum Gasteiger partial charge on any atom is -0.477 e. The number of amides is 1. The summed E-state index contributed by atoms with van der Waals surface area (Å²) in [6.07, 6.45) is 0. The van der Waals surface area contributed by atoms with Crippen molar-refractivity contribution in [2.24, 2.45) is 0 Å². The molecule has 8 heteroatoms. The summed E-state index contributed by atoms with van der Waals surface area (Å²) in [5.41, 5.74) is 0.703. The van der Waals surface area contributed by atoms with Crippen molar-refractivity contribution in [1.29, 1.82) is 0 Å². The lowest BCUT2D eigenvalue weighted by atomic mass is 10.0. The van der Waals surface area contributed by atoms with Crippen molar-refractivity contribution < 1.29 is 24.0 Å². The molecule has 2 rings (SSSR count). The van der Waals surface area contributed by atoms with Crippen LogP contribution in [0.5, 0.6) is 5.75 Å². The first kappa shape index (κ1) is 19.9. The number of ether oxygens (including phenoxy) is 2. The van der Waals surface area contributed by atoms with Gasteiger partial charge in [-0.05, 0) is 23.6 Å². The molecule has 8 nitrogen and oxygen atoms in total. The fourth-order valence-corrected chi connectivity index (χ4v) is 2.39. The molecule has 1 amide bonds. The van der Waals surface area contributed by atoms with Crippen molar-refractivity contribution in [1.82, 2.24) is 5.32 Å². The van der Waals surface area contributed by atoms with Crippen molar-refractivity contribution >= 4 is 17.6 Å². The van der Waals surface area contributed by atoms with Gasteiger partial charge in [0.05, 0.1) is 17.6 Å². The molecule has 0 unspecified atom stereocenters. The first-order valence-corrected chi connectivity index (χ1v) is 8.23. The smallest absolute Gasteiger partial charge is 0.338 e. The zero-order valence-corrected chi connectivity index (χ0v) is 15.0. The van der Waals surface area contributed by atoms with Crippen LogP contribution in [0, 0.1) is 10.1 Å². The van der Waals surface area contributed by atoms with E-state index < -0.39 is 22.5 Å². The number of nitro benzene ring substituents is 1. The monoisotopic (exact) mass is 372 g/mol. The van der Waals surface area contributed by atoms with E-state index in [0.29, 0.717) is 6.54 Å². The van der Waals surface area contributed by atoms with Crippen LogP contribution < -0.4 is 10.1 Å². The highest BCUT2D eigenvalue weighted by atomic mass is 16.6. The molecule has 0 aliphatic rings. The van der Waals surface area contributed by atoms with Gasteiger partial charge in [0.15, 0.2) is 12.4 Å². The zero-order valence-electron chi connectivity index (χ0n) is 15.0. The average molecular weight is 372 g/mol. The number of benzene rings is 2. The van der Waals surface area contributed by atoms with Gasteiger partial charge in [0.25, 0.3) is 5.91 Å². The summed E-state index contributed by atoms with van der Waals surface area (Å²) in [6, 6.07) is 13.4. The maximum absolute atomic E-state index is 12.0. The Morgan fingerprint density at radius 2 is 1.89 bits per heavy atom. The lowest BCUT2D eigenvalue weighted by Crippen LogP contribution is -2.31. The average Bonchev–Trinajstić information content (AvgIpc) is 2.70. The fraction of sp³-hybridized carbons (Fsp3) is 0.263. The van der Waals surface area contributed by atoms with Gasteiger partial charge in [-0.2, -0.15) is 0 Å². The van der Waals surface area contributed by atoms with E-state index in [1.165, 1.54) is 19.2 Å². The Morgan fingerprint density at radius 1 is 1.19 bits per heavy atom. The van der Waals surface area contributed by atoms with E-state index in [0.717, 1.165) is 11.6 Å². The highest BCUT2D eigenvalue weighted by Gasteiger charge is 2.20. The summed E-state index contributed by atoms with van der Waals surface area (Å²) < 4.78 is 9.79. The molecule has 0 bridgehead atoms. The molecule has 27 heavy (non-hydrogen) atoms. The molecule has 0 heterocycles. The SMILES string of the molecule is COC(=O)c1ccc(OCC(=O)NC[C@@H](C)c2ccccc2)c([N+](=O)[O-])c1. The lowest BCUT2D eigenvalue weighted by Gasteiger charge is -2.13. The standard InChI is InChI=1S/C19H20N2O6/c1-13(14-6-4-3-5-7-14)11-20-18(22)12-27-17-9-8-15(19(23)26-2)10-16(17)21(24)25/h3-10,13H,11-12H2,1-2H3,(H,20,22)/t13-/m1/s1. The minimum absolute atomic E-state index is 0.0256. The van der Waals surface area contributed by atoms with Gasteiger partial charge in [-0.25, -0.2) is 4.79 Å². The molecule has 0 saturated carbocycles. The number of carbonyl (C=O) groups excluding carboxylic acids is 2. The topological polar surface area (TPSA) is 108 Å². The third kappa shape index (κ3) is 5.53. The molecule has 0 fully saturated rings. The number of rotatable bonds is 8. The van der Waals surface area contributed by atoms with Gasteiger partial charge in [-0.3, -0.25) is 14.9 Å². The second-order valence-electron chi connectivity index (χ2n) is 5.84. The number of carbonyl (C=O) groups is 2. The van der Waals surface area contributed by atoms with Gasteiger partial charge in [0.2, 0.25) is 0 Å². The number of hydrogen-bond acceptors (Lipinski definition) is 6. The Hall–Kier alpha value is -3.42. The lowest BCUT2D eigenvalue weighted by molar-refractivity contribution is -0.385. The van der Waals surface area contributed by atoms with Crippen LogP contribution in [-0.2, 0) is 9.53 Å². The summed E-state index contributed by atoms with van der Waals surface area (Å²) in [5, 5.41) is 13.9. The predicted octanol–water partition coefficient (Wildman–Crippen LogP) is 2.68. The normalized spacial score (nSPS) is 11.3. The number of esters is 1. The molecule has 0 aliphatic heterocycles. The van der Waals surface area contributed by atoms with E-state index in [1.54, 1.807) is 0 Å². The Balaban J connectivity index is 1.94. The van der Waals surface area contributed by atoms with Gasteiger partial charge in [-0.15, -0.1) is 0 Å². The molecule has 0 aliphatic carbocycles. The fourth-order valence-electron chi connectivity index (χ4n) is 2.39. The molecular weight excluding hydrogens is 352 g/mol. The summed E-state index contributed by atoms with van der Waals surface area (Å²) >= 11 is 0. The van der Waals surface area contributed by atoms with Crippen molar-refractivity contribution in [2.75, 3.05) is 20.3 Å². The predicted molar refractivity (Wildman–Crippen MR) is 97.8 cm³/mol. The Kier molecular flexibility index (Phi) is 6.87. The molecule has 1 N–H and O–H groups in total.